The van der Waals surface area contributed by atoms with Gasteiger partial charge in [-0.1, -0.05) is 0 Å². The Hall–Kier alpha value is -2.99. The first-order valence-corrected chi connectivity index (χ1v) is 8.37. The van der Waals surface area contributed by atoms with E-state index < -0.39 is 5.54 Å². The Labute approximate surface area is 151 Å². The number of hydrogen-bond donors (Lipinski definition) is 1. The molecule has 0 aliphatic carbocycles. The number of ether oxygens (including phenoxy) is 1. The predicted molar refractivity (Wildman–Crippen MR) is 93.2 cm³/mol. The number of methoxy groups -OCH3 is 1. The van der Waals surface area contributed by atoms with Crippen LogP contribution in [-0.2, 0) is 16.1 Å². The Bertz CT molecular complexity index is 787. The molecular formula is C17H21N7O2. The molecule has 26 heavy (non-hydrogen) atoms. The zero-order chi connectivity index (χ0) is 18.4. The topological polar surface area (TPSA) is 109 Å². The lowest BCUT2D eigenvalue weighted by Gasteiger charge is -2.31. The second-order valence-corrected chi connectivity index (χ2v) is 6.35. The van der Waals surface area contributed by atoms with Crippen molar-refractivity contribution < 1.29 is 9.53 Å². The van der Waals surface area contributed by atoms with Gasteiger partial charge < -0.3 is 19.5 Å². The maximum absolute atomic E-state index is 12.5. The minimum absolute atomic E-state index is 0.0715. The van der Waals surface area contributed by atoms with Crippen LogP contribution >= 0.6 is 0 Å². The third kappa shape index (κ3) is 4.15. The van der Waals surface area contributed by atoms with Crippen molar-refractivity contribution in [2.24, 2.45) is 0 Å². The second-order valence-electron chi connectivity index (χ2n) is 6.35. The highest BCUT2D eigenvalue weighted by molar-refractivity contribution is 5.77. The van der Waals surface area contributed by atoms with Gasteiger partial charge in [0.2, 0.25) is 5.91 Å². The average molecular weight is 355 g/mol. The SMILES string of the molecule is COCCC1(NC(=O)Cn2ccnc2)CCN(c2cncc(C#N)n2)C1. The Morgan fingerprint density at radius 3 is 3.08 bits per heavy atom. The largest absolute Gasteiger partial charge is 0.385 e. The summed E-state index contributed by atoms with van der Waals surface area (Å²) in [7, 11) is 1.65. The number of nitrogens with one attached hydrogen (secondary N) is 1. The van der Waals surface area contributed by atoms with Crippen LogP contribution in [0.2, 0.25) is 0 Å². The van der Waals surface area contributed by atoms with E-state index in [-0.39, 0.29) is 18.1 Å². The van der Waals surface area contributed by atoms with Gasteiger partial charge in [0.25, 0.3) is 0 Å². The molecule has 1 aliphatic rings. The van der Waals surface area contributed by atoms with Gasteiger partial charge >= 0.3 is 0 Å². The van der Waals surface area contributed by atoms with E-state index in [1.807, 2.05) is 11.0 Å². The zero-order valence-electron chi connectivity index (χ0n) is 14.6. The van der Waals surface area contributed by atoms with E-state index in [9.17, 15) is 4.79 Å². The summed E-state index contributed by atoms with van der Waals surface area (Å²) in [6.45, 7) is 2.08. The summed E-state index contributed by atoms with van der Waals surface area (Å²) >= 11 is 0. The summed E-state index contributed by atoms with van der Waals surface area (Å²) in [5.41, 5.74) is -0.126. The Morgan fingerprint density at radius 2 is 2.35 bits per heavy atom. The van der Waals surface area contributed by atoms with Gasteiger partial charge in [-0.15, -0.1) is 0 Å². The van der Waals surface area contributed by atoms with Gasteiger partial charge in [0.1, 0.15) is 18.4 Å². The lowest BCUT2D eigenvalue weighted by Crippen LogP contribution is -2.52. The number of rotatable bonds is 7. The molecule has 0 radical (unpaired) electrons. The Balaban J connectivity index is 1.71. The Kier molecular flexibility index (Phi) is 5.43. The number of nitrogens with zero attached hydrogens (tertiary/aromatic N) is 6. The average Bonchev–Trinajstić information content (AvgIpc) is 3.30. The lowest BCUT2D eigenvalue weighted by atomic mass is 9.94. The molecule has 3 heterocycles. The number of anilines is 1. The van der Waals surface area contributed by atoms with Gasteiger partial charge in [-0.2, -0.15) is 5.26 Å². The van der Waals surface area contributed by atoms with Crippen molar-refractivity contribution in [2.75, 3.05) is 31.7 Å². The number of imidazole rings is 1. The number of carbonyl (C=O) groups excluding carboxylic acids is 1. The van der Waals surface area contributed by atoms with Gasteiger partial charge in [-0.3, -0.25) is 9.78 Å². The van der Waals surface area contributed by atoms with Gasteiger partial charge in [0.15, 0.2) is 5.69 Å². The monoisotopic (exact) mass is 355 g/mol. The van der Waals surface area contributed by atoms with Crippen LogP contribution in [0, 0.1) is 11.3 Å². The maximum Gasteiger partial charge on any atom is 0.240 e. The molecule has 1 N–H and O–H groups in total. The van der Waals surface area contributed by atoms with Crippen LogP contribution in [0.4, 0.5) is 5.82 Å². The van der Waals surface area contributed by atoms with Gasteiger partial charge in [-0.25, -0.2) is 9.97 Å². The molecule has 9 heteroatoms. The van der Waals surface area contributed by atoms with E-state index in [2.05, 4.69) is 20.3 Å². The highest BCUT2D eigenvalue weighted by Gasteiger charge is 2.39. The Morgan fingerprint density at radius 1 is 1.46 bits per heavy atom. The van der Waals surface area contributed by atoms with E-state index in [0.717, 1.165) is 13.0 Å². The molecule has 136 valence electrons. The van der Waals surface area contributed by atoms with E-state index in [0.29, 0.717) is 25.4 Å². The molecule has 9 nitrogen and oxygen atoms in total. The summed E-state index contributed by atoms with van der Waals surface area (Å²) in [5, 5.41) is 12.2. The van der Waals surface area contributed by atoms with Crippen molar-refractivity contribution in [1.82, 2.24) is 24.8 Å². The summed E-state index contributed by atoms with van der Waals surface area (Å²) < 4.78 is 6.97. The van der Waals surface area contributed by atoms with Crippen molar-refractivity contribution in [3.05, 3.63) is 36.8 Å². The fourth-order valence-electron chi connectivity index (χ4n) is 3.18. The van der Waals surface area contributed by atoms with E-state index in [1.54, 1.807) is 36.6 Å². The zero-order valence-corrected chi connectivity index (χ0v) is 14.6. The first-order chi connectivity index (χ1) is 12.6. The molecule has 2 aromatic rings. The van der Waals surface area contributed by atoms with Crippen molar-refractivity contribution >= 4 is 11.7 Å². The first kappa shape index (κ1) is 17.8. The normalized spacial score (nSPS) is 19.3. The minimum Gasteiger partial charge on any atom is -0.385 e. The third-order valence-corrected chi connectivity index (χ3v) is 4.49. The number of nitriles is 1. The number of hydrogen-bond acceptors (Lipinski definition) is 7. The van der Waals surface area contributed by atoms with Crippen LogP contribution in [0.1, 0.15) is 18.5 Å². The van der Waals surface area contributed by atoms with Gasteiger partial charge in [0, 0.05) is 39.2 Å². The molecule has 1 unspecified atom stereocenters. The predicted octanol–water partition coefficient (Wildman–Crippen LogP) is 0.347. The second kappa shape index (κ2) is 7.93. The molecule has 1 aliphatic heterocycles. The van der Waals surface area contributed by atoms with Crippen molar-refractivity contribution in [3.63, 3.8) is 0 Å². The molecule has 1 fully saturated rings. The molecule has 0 saturated carbocycles. The fraction of sp³-hybridized carbons (Fsp3) is 0.471. The highest BCUT2D eigenvalue weighted by Crippen LogP contribution is 2.28. The van der Waals surface area contributed by atoms with Gasteiger partial charge in [0.05, 0.1) is 24.3 Å². The van der Waals surface area contributed by atoms with Crippen LogP contribution in [0.5, 0.6) is 0 Å². The molecule has 3 rings (SSSR count). The molecule has 1 amide bonds. The molecule has 1 saturated heterocycles. The van der Waals surface area contributed by atoms with Crippen LogP contribution in [-0.4, -0.2) is 57.8 Å². The first-order valence-electron chi connectivity index (χ1n) is 8.37. The molecular weight excluding hydrogens is 334 g/mol. The molecule has 0 aromatic carbocycles. The lowest BCUT2D eigenvalue weighted by molar-refractivity contribution is -0.123. The summed E-state index contributed by atoms with van der Waals surface area (Å²) in [4.78, 5) is 26.9. The quantitative estimate of drug-likeness (QED) is 0.763. The number of aromatic nitrogens is 4. The van der Waals surface area contributed by atoms with Crippen LogP contribution < -0.4 is 10.2 Å². The van der Waals surface area contributed by atoms with Crippen molar-refractivity contribution in [1.29, 1.82) is 5.26 Å². The highest BCUT2D eigenvalue weighted by atomic mass is 16.5. The van der Waals surface area contributed by atoms with Crippen molar-refractivity contribution in [3.8, 4) is 6.07 Å². The van der Waals surface area contributed by atoms with Crippen LogP contribution in [0.15, 0.2) is 31.1 Å². The summed E-state index contributed by atoms with van der Waals surface area (Å²) in [6.07, 6.45) is 9.56. The van der Waals surface area contributed by atoms with Gasteiger partial charge in [-0.05, 0) is 12.8 Å². The van der Waals surface area contributed by atoms with E-state index in [1.165, 1.54) is 6.20 Å². The summed E-state index contributed by atoms with van der Waals surface area (Å²) in [5.74, 6) is 0.574. The smallest absolute Gasteiger partial charge is 0.240 e. The van der Waals surface area contributed by atoms with E-state index >= 15 is 0 Å². The number of carbonyl (C=O) groups is 1. The van der Waals surface area contributed by atoms with Crippen molar-refractivity contribution in [2.45, 2.75) is 24.9 Å². The molecule has 1 atom stereocenters. The fourth-order valence-corrected chi connectivity index (χ4v) is 3.18. The summed E-state index contributed by atoms with van der Waals surface area (Å²) in [6, 6.07) is 2.00. The number of amides is 1. The molecule has 0 bridgehead atoms. The van der Waals surface area contributed by atoms with Crippen LogP contribution in [0.3, 0.4) is 0 Å². The third-order valence-electron chi connectivity index (χ3n) is 4.49. The molecule has 0 spiro atoms. The minimum atomic E-state index is -0.405. The van der Waals surface area contributed by atoms with E-state index in [4.69, 9.17) is 10.00 Å². The maximum atomic E-state index is 12.5. The standard InChI is InChI=1S/C17H21N7O2/c1-26-7-3-17(22-16(25)11-23-6-4-19-13-23)2-5-24(12-17)15-10-20-9-14(8-18)21-15/h4,6,9-10,13H,2-3,5,7,11-12H2,1H3,(H,22,25). The molecule has 2 aromatic heterocycles. The van der Waals surface area contributed by atoms with Crippen LogP contribution in [0.25, 0.3) is 0 Å².